The Morgan fingerprint density at radius 2 is 1.72 bits per heavy atom. The molecule has 1 aliphatic carbocycles. The van der Waals surface area contributed by atoms with E-state index in [1.165, 1.54) is 12.0 Å². The van der Waals surface area contributed by atoms with Crippen molar-refractivity contribution in [2.45, 2.75) is 103 Å². The molecular formula is C45H59N6O6S+. The summed E-state index contributed by atoms with van der Waals surface area (Å²) < 4.78 is 44.3. The normalized spacial score (nSPS) is 23.5. The highest BCUT2D eigenvalue weighted by Gasteiger charge is 2.46. The molecule has 2 saturated heterocycles. The lowest BCUT2D eigenvalue weighted by atomic mass is 9.81. The Balaban J connectivity index is 1.32. The van der Waals surface area contributed by atoms with Crippen LogP contribution in [-0.4, -0.2) is 116 Å². The summed E-state index contributed by atoms with van der Waals surface area (Å²) in [5.74, 6) is -0.394. The van der Waals surface area contributed by atoms with Crippen LogP contribution in [0.25, 0.3) is 28.2 Å². The lowest BCUT2D eigenvalue weighted by Gasteiger charge is -2.42. The first kappa shape index (κ1) is 40.4. The van der Waals surface area contributed by atoms with Crippen LogP contribution in [0.3, 0.4) is 0 Å². The molecule has 3 aromatic rings. The highest BCUT2D eigenvalue weighted by Crippen LogP contribution is 2.47. The number of nitrogens with zero attached hydrogens (tertiary/aromatic N) is 5. The molecule has 13 heteroatoms. The first-order valence-electron chi connectivity index (χ1n) is 21.2. The van der Waals surface area contributed by atoms with Crippen molar-refractivity contribution in [3.05, 3.63) is 58.7 Å². The summed E-state index contributed by atoms with van der Waals surface area (Å²) in [6.45, 7) is 10.9. The number of likely N-dealkylation sites (N-methyl/N-ethyl adjacent to an activating group) is 1. The van der Waals surface area contributed by atoms with Crippen LogP contribution in [0.5, 0.6) is 5.75 Å². The first-order chi connectivity index (χ1) is 27.8. The number of hydrazone groups is 1. The summed E-state index contributed by atoms with van der Waals surface area (Å²) >= 11 is 0. The Kier molecular flexibility index (Phi) is 11.4. The molecule has 1 N–H and O–H groups in total. The van der Waals surface area contributed by atoms with Crippen LogP contribution in [0, 0.1) is 11.8 Å². The van der Waals surface area contributed by atoms with Crippen LogP contribution in [0.15, 0.2) is 47.1 Å². The van der Waals surface area contributed by atoms with Gasteiger partial charge in [-0.3, -0.25) is 14.5 Å². The zero-order chi connectivity index (χ0) is 40.9. The van der Waals surface area contributed by atoms with Gasteiger partial charge in [0.05, 0.1) is 44.5 Å². The molecule has 5 heterocycles. The molecule has 1 aromatic heterocycles. The van der Waals surface area contributed by atoms with Gasteiger partial charge in [-0.15, -0.1) is 0 Å². The molecule has 58 heavy (non-hydrogen) atoms. The molecule has 12 nitrogen and oxygen atoms in total. The van der Waals surface area contributed by atoms with E-state index in [1.807, 2.05) is 43.2 Å². The first-order valence-corrected chi connectivity index (χ1v) is 22.9. The SMILES string of the molecule is COc1ccc2c(c1)C=C(C1=[N+](C3CCOCC3)N=CC1C(=O)N1C[C@@H](C)N(C)[C@@H](C)C1)Cn1c-2c(C2CCCCC2)c2ccc(C(=O)NS(=O)(=O)CC(C)C)cc21. The number of sulfonamides is 1. The van der Waals surface area contributed by atoms with Crippen molar-refractivity contribution in [2.75, 3.05) is 46.2 Å². The van der Waals surface area contributed by atoms with Crippen molar-refractivity contribution in [3.63, 3.8) is 0 Å². The Morgan fingerprint density at radius 3 is 2.41 bits per heavy atom. The minimum absolute atomic E-state index is 0.0539. The molecule has 0 radical (unpaired) electrons. The van der Waals surface area contributed by atoms with Crippen molar-refractivity contribution < 1.29 is 32.2 Å². The Morgan fingerprint density at radius 1 is 1.00 bits per heavy atom. The van der Waals surface area contributed by atoms with Gasteiger partial charge in [0, 0.05) is 65.6 Å². The predicted molar refractivity (Wildman–Crippen MR) is 228 cm³/mol. The zero-order valence-electron chi connectivity index (χ0n) is 34.9. The molecule has 2 aromatic carbocycles. The molecule has 1 saturated carbocycles. The summed E-state index contributed by atoms with van der Waals surface area (Å²) in [6.07, 6.45) is 11.3. The van der Waals surface area contributed by atoms with E-state index in [0.29, 0.717) is 38.8 Å². The minimum atomic E-state index is -3.83. The van der Waals surface area contributed by atoms with E-state index in [0.717, 1.165) is 83.3 Å². The molecule has 2 amide bonds. The third-order valence-corrected chi connectivity index (χ3v) is 14.6. The van der Waals surface area contributed by atoms with Gasteiger partial charge in [0.2, 0.25) is 21.6 Å². The summed E-state index contributed by atoms with van der Waals surface area (Å²) in [5.41, 5.74) is 7.40. The fourth-order valence-electron chi connectivity index (χ4n) is 9.96. The van der Waals surface area contributed by atoms with Gasteiger partial charge in [-0.25, -0.2) is 13.1 Å². The molecule has 3 fully saturated rings. The second-order valence-corrected chi connectivity index (χ2v) is 19.3. The summed E-state index contributed by atoms with van der Waals surface area (Å²) in [6, 6.07) is 12.4. The largest absolute Gasteiger partial charge is 0.497 e. The number of carbonyl (C=O) groups is 2. The van der Waals surface area contributed by atoms with Gasteiger partial charge >= 0.3 is 0 Å². The molecule has 0 spiro atoms. The van der Waals surface area contributed by atoms with Crippen LogP contribution in [0.1, 0.15) is 100 Å². The van der Waals surface area contributed by atoms with E-state index in [-0.39, 0.29) is 41.3 Å². The monoisotopic (exact) mass is 811 g/mol. The lowest BCUT2D eigenvalue weighted by Crippen LogP contribution is -2.58. The standard InChI is InChI=1S/C45H58N6O6S/c1-28(2)27-58(54,55)47-44(52)32-12-14-38-40(22-32)50-26-34(20-33-21-36(56-6)13-15-37(33)43(50)41(38)31-10-8-7-9-11-31)42-39(23-46-51(42)35-16-18-57-19-17-35)45(53)49-24-29(3)48(5)30(4)25-49/h12-15,20-23,28-31,35,39H,7-11,16-19,24-27H2,1-6H3/p+1/t29-,30+,39?. The van der Waals surface area contributed by atoms with Gasteiger partial charge in [-0.05, 0) is 98.2 Å². The van der Waals surface area contributed by atoms with Crippen LogP contribution in [0.4, 0.5) is 0 Å². The second kappa shape index (κ2) is 16.4. The Labute approximate surface area is 343 Å². The summed E-state index contributed by atoms with van der Waals surface area (Å²) in [7, 11) is -0.0243. The van der Waals surface area contributed by atoms with Gasteiger partial charge in [0.1, 0.15) is 5.75 Å². The zero-order valence-corrected chi connectivity index (χ0v) is 35.7. The number of methoxy groups -OCH3 is 1. The number of aromatic nitrogens is 1. The highest BCUT2D eigenvalue weighted by molar-refractivity contribution is 7.90. The number of rotatable bonds is 9. The molecule has 5 aliphatic rings. The van der Waals surface area contributed by atoms with Crippen molar-refractivity contribution in [2.24, 2.45) is 16.9 Å². The number of nitrogens with one attached hydrogen (secondary N) is 1. The third-order valence-electron chi connectivity index (χ3n) is 13.0. The Hall–Kier alpha value is -4.33. The van der Waals surface area contributed by atoms with E-state index in [4.69, 9.17) is 14.6 Å². The third kappa shape index (κ3) is 7.77. The molecule has 310 valence electrons. The van der Waals surface area contributed by atoms with Crippen molar-refractivity contribution >= 4 is 50.7 Å². The molecule has 0 bridgehead atoms. The number of ether oxygens (including phenoxy) is 2. The number of hydrogen-bond donors (Lipinski definition) is 1. The van der Waals surface area contributed by atoms with Gasteiger partial charge in [0.15, 0.2) is 12.0 Å². The molecule has 8 rings (SSSR count). The number of allylic oxidation sites excluding steroid dienone is 1. The van der Waals surface area contributed by atoms with Crippen LogP contribution < -0.4 is 9.46 Å². The molecular weight excluding hydrogens is 753 g/mol. The van der Waals surface area contributed by atoms with E-state index in [9.17, 15) is 18.0 Å². The van der Waals surface area contributed by atoms with Crippen molar-refractivity contribution in [1.29, 1.82) is 0 Å². The quantitative estimate of drug-likeness (QED) is 0.253. The number of amides is 2. The topological polar surface area (TPSA) is 126 Å². The Bertz CT molecular complexity index is 2290. The van der Waals surface area contributed by atoms with Gasteiger partial charge < -0.3 is 18.9 Å². The molecule has 1 unspecified atom stereocenters. The molecule has 3 atom stereocenters. The van der Waals surface area contributed by atoms with Gasteiger partial charge in [-0.1, -0.05) is 43.9 Å². The van der Waals surface area contributed by atoms with Crippen molar-refractivity contribution in [3.8, 4) is 17.0 Å². The van der Waals surface area contributed by atoms with E-state index >= 15 is 0 Å². The van der Waals surface area contributed by atoms with Crippen LogP contribution in [-0.2, 0) is 26.1 Å². The fourth-order valence-corrected chi connectivity index (χ4v) is 11.3. The molecule has 4 aliphatic heterocycles. The van der Waals surface area contributed by atoms with E-state index in [2.05, 4.69) is 58.0 Å². The predicted octanol–water partition coefficient (Wildman–Crippen LogP) is 6.28. The van der Waals surface area contributed by atoms with Crippen LogP contribution >= 0.6 is 0 Å². The number of benzene rings is 2. The summed E-state index contributed by atoms with van der Waals surface area (Å²) in [4.78, 5) is 32.9. The highest BCUT2D eigenvalue weighted by atomic mass is 32.2. The maximum atomic E-state index is 14.9. The second-order valence-electron chi connectivity index (χ2n) is 17.6. The summed E-state index contributed by atoms with van der Waals surface area (Å²) in [5, 5.41) is 6.11. The van der Waals surface area contributed by atoms with Crippen molar-refractivity contribution in [1.82, 2.24) is 19.1 Å². The number of carbonyl (C=O) groups excluding carboxylic acids is 2. The number of hydrogen-bond acceptors (Lipinski definition) is 8. The van der Waals surface area contributed by atoms with E-state index < -0.39 is 21.8 Å². The maximum Gasteiger partial charge on any atom is 0.264 e. The van der Waals surface area contributed by atoms with E-state index in [1.54, 1.807) is 13.2 Å². The van der Waals surface area contributed by atoms with Gasteiger partial charge in [-0.2, -0.15) is 0 Å². The van der Waals surface area contributed by atoms with Crippen LogP contribution in [0.2, 0.25) is 0 Å². The fraction of sp³-hybridized carbons (Fsp3) is 0.556. The number of fused-ring (bicyclic) bond motifs is 5. The smallest absolute Gasteiger partial charge is 0.264 e. The lowest BCUT2D eigenvalue weighted by molar-refractivity contribution is -0.574. The maximum absolute atomic E-state index is 14.9. The minimum Gasteiger partial charge on any atom is -0.497 e. The average Bonchev–Trinajstić information content (AvgIpc) is 3.74. The average molecular weight is 812 g/mol. The van der Waals surface area contributed by atoms with Gasteiger partial charge in [0.25, 0.3) is 5.91 Å². The number of piperazine rings is 1.